The van der Waals surface area contributed by atoms with Gasteiger partial charge in [-0.15, -0.1) is 6.58 Å². The van der Waals surface area contributed by atoms with E-state index in [2.05, 4.69) is 23.5 Å². The molecule has 0 radical (unpaired) electrons. The fourth-order valence-corrected chi connectivity index (χ4v) is 8.81. The van der Waals surface area contributed by atoms with Crippen LogP contribution in [-0.4, -0.2) is 167 Å². The minimum Gasteiger partial charge on any atom is -0.393 e. The summed E-state index contributed by atoms with van der Waals surface area (Å²) in [4.78, 5) is 21.3. The van der Waals surface area contributed by atoms with Crippen molar-refractivity contribution in [2.24, 2.45) is 33.5 Å². The topological polar surface area (TPSA) is 354 Å². The molecule has 0 aliphatic carbocycles. The van der Waals surface area contributed by atoms with E-state index in [1.54, 1.807) is 92.1 Å². The standard InChI is InChI=1S/C63H103N3O16S/c1-6-8-10-21-29-47(3)62(78)49(5)59(76)37-22-19-17-15-13-12-14-16-18-20-23-38-61(82-83(79,80)81)48(4)60(77)46-58(75)45-55(72)35-27-34-54(71)44-57(74)43-53(70)33-26-32-51(68)41-50(67)30-25-31-52(69)42-56(73)36-28-40-66-63(64)65-39-24-11-9-7-2/h6,12-23,25-27,29-30,33,35,37,39,47-59,61-62,67-76,78H,1,7-11,24,28,31-32,34,36,38,40-46H2,2-5H3,(H2,64,66)(H,79,80,81)/b14-12+,15-13+,18-16+,19-17+,23-20+,29-21+,30-25+,33-26+,35-27+,37-22+,65-39+. The Hall–Kier alpha value is -4.62. The molecule has 0 amide bonds. The molecule has 0 aliphatic rings. The van der Waals surface area contributed by atoms with Gasteiger partial charge in [-0.2, -0.15) is 8.42 Å². The Kier molecular flexibility index (Phi) is 45.9. The van der Waals surface area contributed by atoms with Crippen molar-refractivity contribution in [3.05, 3.63) is 134 Å². The largest absolute Gasteiger partial charge is 0.397 e. The van der Waals surface area contributed by atoms with Crippen molar-refractivity contribution in [2.75, 3.05) is 6.54 Å². The Morgan fingerprint density at radius 3 is 1.61 bits per heavy atom. The quantitative estimate of drug-likeness (QED) is 0.00744. The zero-order chi connectivity index (χ0) is 62.4. The molecule has 0 aromatic carbocycles. The Bertz CT molecular complexity index is 2210. The van der Waals surface area contributed by atoms with Crippen molar-refractivity contribution in [3.8, 4) is 0 Å². The highest BCUT2D eigenvalue weighted by molar-refractivity contribution is 7.80. The fourth-order valence-electron chi connectivity index (χ4n) is 8.26. The molecule has 0 aromatic rings. The molecule has 472 valence electrons. The molecule has 19 nitrogen and oxygen atoms in total. The molecular weight excluding hydrogens is 1090 g/mol. The van der Waals surface area contributed by atoms with Crippen LogP contribution in [-0.2, 0) is 19.4 Å². The molecule has 0 fully saturated rings. The van der Waals surface area contributed by atoms with Crippen molar-refractivity contribution in [3.63, 3.8) is 0 Å². The first kappa shape index (κ1) is 78.4. The highest BCUT2D eigenvalue weighted by atomic mass is 32.3. The van der Waals surface area contributed by atoms with Gasteiger partial charge in [0.25, 0.3) is 0 Å². The monoisotopic (exact) mass is 1190 g/mol. The fraction of sp³-hybridized carbons (Fsp3) is 0.603. The number of carbonyl (C=O) groups excluding carboxylic acids is 1. The minimum absolute atomic E-state index is 0.00946. The molecule has 0 heterocycles. The van der Waals surface area contributed by atoms with Gasteiger partial charge in [-0.1, -0.05) is 168 Å². The Balaban J connectivity index is 4.73. The third-order valence-corrected chi connectivity index (χ3v) is 13.7. The van der Waals surface area contributed by atoms with Crippen LogP contribution < -0.4 is 5.73 Å². The summed E-state index contributed by atoms with van der Waals surface area (Å²) in [6.45, 7) is 11.3. The molecule has 20 heteroatoms. The van der Waals surface area contributed by atoms with Crippen molar-refractivity contribution < 1.29 is 78.1 Å². The van der Waals surface area contributed by atoms with Crippen LogP contribution in [0.2, 0.25) is 0 Å². The van der Waals surface area contributed by atoms with Gasteiger partial charge in [0, 0.05) is 56.2 Å². The minimum atomic E-state index is -4.94. The second-order valence-corrected chi connectivity index (χ2v) is 22.1. The molecule has 83 heavy (non-hydrogen) atoms. The van der Waals surface area contributed by atoms with Gasteiger partial charge in [0.05, 0.1) is 73.2 Å². The number of carbonyl (C=O) groups is 1. The van der Waals surface area contributed by atoms with E-state index >= 15 is 0 Å². The molecule has 0 aromatic heterocycles. The number of guanidine groups is 1. The van der Waals surface area contributed by atoms with Crippen LogP contribution in [0, 0.1) is 17.8 Å². The van der Waals surface area contributed by atoms with E-state index in [0.717, 1.165) is 38.5 Å². The molecular formula is C63H103N3O16S. The number of aliphatic hydroxyl groups is 11. The predicted molar refractivity (Wildman–Crippen MR) is 330 cm³/mol. The number of unbranched alkanes of at least 4 members (excludes halogenated alkanes) is 4. The Morgan fingerprint density at radius 1 is 0.566 bits per heavy atom. The third-order valence-electron chi connectivity index (χ3n) is 13.2. The van der Waals surface area contributed by atoms with Crippen molar-refractivity contribution in [2.45, 2.75) is 217 Å². The van der Waals surface area contributed by atoms with Crippen LogP contribution in [0.15, 0.2) is 144 Å². The molecule has 0 rings (SSSR count). The second-order valence-electron chi connectivity index (χ2n) is 21.1. The van der Waals surface area contributed by atoms with Crippen molar-refractivity contribution in [1.29, 1.82) is 0 Å². The molecule has 0 bridgehead atoms. The van der Waals surface area contributed by atoms with E-state index in [-0.39, 0.29) is 75.6 Å². The lowest BCUT2D eigenvalue weighted by Crippen LogP contribution is -2.32. The second kappa shape index (κ2) is 48.6. The average molecular weight is 1190 g/mol. The third kappa shape index (κ3) is 45.4. The molecule has 0 saturated heterocycles. The summed E-state index contributed by atoms with van der Waals surface area (Å²) in [6, 6.07) is 0. The summed E-state index contributed by atoms with van der Waals surface area (Å²) >= 11 is 0. The lowest BCUT2D eigenvalue weighted by Gasteiger charge is -2.25. The van der Waals surface area contributed by atoms with Crippen LogP contribution in [0.1, 0.15) is 143 Å². The average Bonchev–Trinajstić information content (AvgIpc) is 3.40. The van der Waals surface area contributed by atoms with Gasteiger partial charge in [-0.3, -0.25) is 14.3 Å². The summed E-state index contributed by atoms with van der Waals surface area (Å²) in [7, 11) is -4.94. The van der Waals surface area contributed by atoms with E-state index in [0.29, 0.717) is 19.4 Å². The number of nitrogens with two attached hydrogens (primary N) is 1. The van der Waals surface area contributed by atoms with Gasteiger partial charge >= 0.3 is 10.4 Å². The van der Waals surface area contributed by atoms with Gasteiger partial charge in [0.1, 0.15) is 5.78 Å². The van der Waals surface area contributed by atoms with E-state index in [9.17, 15) is 73.9 Å². The number of nitrogens with zero attached hydrogens (tertiary/aromatic N) is 2. The van der Waals surface area contributed by atoms with Gasteiger partial charge in [-0.25, -0.2) is 9.18 Å². The number of Topliss-reactive ketones (excluding diaryl/α,β-unsaturated/α-hetero) is 1. The van der Waals surface area contributed by atoms with Gasteiger partial charge in [-0.05, 0) is 77.0 Å². The highest BCUT2D eigenvalue weighted by Gasteiger charge is 2.30. The van der Waals surface area contributed by atoms with E-state index < -0.39 is 102 Å². The van der Waals surface area contributed by atoms with Crippen molar-refractivity contribution >= 4 is 28.4 Å². The van der Waals surface area contributed by atoms with Gasteiger partial charge < -0.3 is 61.9 Å². The molecule has 15 atom stereocenters. The van der Waals surface area contributed by atoms with E-state index in [1.807, 2.05) is 25.2 Å². The lowest BCUT2D eigenvalue weighted by atomic mass is 9.88. The highest BCUT2D eigenvalue weighted by Crippen LogP contribution is 2.21. The summed E-state index contributed by atoms with van der Waals surface area (Å²) in [5, 5.41) is 115. The smallest absolute Gasteiger partial charge is 0.393 e. The maximum absolute atomic E-state index is 13.1. The SMILES string of the molecule is C=CCC/C=C/C(C)C(O)C(C)C(O)/C=C/C=C/C=C/C=C/C=C/C=C/CC(OS(=O)(=O)O)C(C)C(=O)CC(O)CC(O)/C=C/CC(O)CC(O)CC(O)/C=C/CC(O)CC(O)/C=C/CC(O)CC(O)CCCN=C(N)/N=C/CCCCC. The molecule has 0 aliphatic heterocycles. The number of hydrogen-bond donors (Lipinski definition) is 13. The number of aliphatic imine (C=N–C) groups is 2. The summed E-state index contributed by atoms with van der Waals surface area (Å²) in [5.74, 6) is -1.94. The first-order valence-corrected chi connectivity index (χ1v) is 30.5. The summed E-state index contributed by atoms with van der Waals surface area (Å²) in [6.07, 6.45) is 30.7. The van der Waals surface area contributed by atoms with Gasteiger partial charge in [0.15, 0.2) is 0 Å². The molecule has 15 unspecified atom stereocenters. The Morgan fingerprint density at radius 2 is 1.07 bits per heavy atom. The molecule has 0 spiro atoms. The summed E-state index contributed by atoms with van der Waals surface area (Å²) < 4.78 is 37.4. The van der Waals surface area contributed by atoms with E-state index in [1.165, 1.54) is 37.3 Å². The molecule has 14 N–H and O–H groups in total. The van der Waals surface area contributed by atoms with Crippen LogP contribution in [0.3, 0.4) is 0 Å². The van der Waals surface area contributed by atoms with E-state index in [4.69, 9.17) is 9.92 Å². The van der Waals surface area contributed by atoms with Crippen LogP contribution in [0.4, 0.5) is 0 Å². The number of ketones is 1. The number of hydrogen-bond acceptors (Lipinski definition) is 16. The number of aliphatic hydroxyl groups excluding tert-OH is 11. The number of rotatable bonds is 48. The van der Waals surface area contributed by atoms with Crippen molar-refractivity contribution in [1.82, 2.24) is 0 Å². The zero-order valence-corrected chi connectivity index (χ0v) is 50.2. The maximum atomic E-state index is 13.1. The predicted octanol–water partition coefficient (Wildman–Crippen LogP) is 6.80. The first-order valence-electron chi connectivity index (χ1n) is 29.2. The lowest BCUT2D eigenvalue weighted by molar-refractivity contribution is -0.127. The maximum Gasteiger partial charge on any atom is 0.397 e. The molecule has 0 saturated carbocycles. The van der Waals surface area contributed by atoms with Crippen LogP contribution in [0.5, 0.6) is 0 Å². The first-order chi connectivity index (χ1) is 39.4. The summed E-state index contributed by atoms with van der Waals surface area (Å²) in [5.41, 5.74) is 5.78. The Labute approximate surface area is 495 Å². The van der Waals surface area contributed by atoms with Crippen LogP contribution >= 0.6 is 0 Å². The van der Waals surface area contributed by atoms with Gasteiger partial charge in [0.2, 0.25) is 5.96 Å². The normalized spacial score (nSPS) is 19.1. The van der Waals surface area contributed by atoms with Crippen LogP contribution in [0.25, 0.3) is 0 Å². The zero-order valence-electron chi connectivity index (χ0n) is 49.4. The number of allylic oxidation sites excluding steroid dienone is 12.